The van der Waals surface area contributed by atoms with Crippen LogP contribution in [0.1, 0.15) is 5.01 Å². The van der Waals surface area contributed by atoms with Crippen LogP contribution in [0.2, 0.25) is 0 Å². The minimum atomic E-state index is -4.57. The van der Waals surface area contributed by atoms with Crippen LogP contribution in [0.4, 0.5) is 18.3 Å². The maximum absolute atomic E-state index is 13.2. The summed E-state index contributed by atoms with van der Waals surface area (Å²) in [6.45, 7) is 2.75. The molecule has 0 saturated carbocycles. The Balaban J connectivity index is 1.89. The fourth-order valence-corrected chi connectivity index (χ4v) is 3.63. The third kappa shape index (κ3) is 2.84. The fourth-order valence-electron chi connectivity index (χ4n) is 2.85. The molecule has 1 aromatic rings. The number of alkyl halides is 3. The lowest BCUT2D eigenvalue weighted by molar-refractivity contribution is -0.138. The van der Waals surface area contributed by atoms with Crippen LogP contribution < -0.4 is 4.65 Å². The third-order valence-corrected chi connectivity index (χ3v) is 4.94. The molecule has 1 aromatic heterocycles. The molecule has 11 heteroatoms. The maximum Gasteiger partial charge on any atom is 0.445 e. The fraction of sp³-hybridized carbons (Fsp3) is 0.818. The monoisotopic (exact) mass is 339 g/mol. The minimum absolute atomic E-state index is 0.0640. The molecule has 124 valence electrons. The molecule has 0 bridgehead atoms. The molecule has 7 nitrogen and oxygen atoms in total. The molecule has 2 saturated heterocycles. The van der Waals surface area contributed by atoms with Gasteiger partial charge in [-0.05, 0) is 18.4 Å². The van der Waals surface area contributed by atoms with Gasteiger partial charge in [-0.1, -0.05) is 5.10 Å². The largest absolute Gasteiger partial charge is 0.623 e. The summed E-state index contributed by atoms with van der Waals surface area (Å²) in [7, 11) is 1.77. The first kappa shape index (κ1) is 16.0. The van der Waals surface area contributed by atoms with Crippen molar-refractivity contribution in [2.75, 3.05) is 46.6 Å². The van der Waals surface area contributed by atoms with E-state index in [1.54, 1.807) is 7.05 Å². The van der Waals surface area contributed by atoms with Crippen LogP contribution >= 0.6 is 11.3 Å². The first-order chi connectivity index (χ1) is 10.3. The van der Waals surface area contributed by atoms with E-state index in [4.69, 9.17) is 4.74 Å². The topological polar surface area (TPSA) is 64.5 Å². The van der Waals surface area contributed by atoms with E-state index < -0.39 is 22.0 Å². The van der Waals surface area contributed by atoms with Crippen LogP contribution in [0.5, 0.6) is 0 Å². The summed E-state index contributed by atoms with van der Waals surface area (Å²) in [6.07, 6.45) is -5.06. The van der Waals surface area contributed by atoms with Crippen molar-refractivity contribution in [3.05, 3.63) is 10.2 Å². The first-order valence-corrected chi connectivity index (χ1v) is 7.63. The van der Waals surface area contributed by atoms with Crippen LogP contribution in [-0.2, 0) is 10.9 Å². The lowest BCUT2D eigenvalue weighted by atomic mass is 10.3. The Morgan fingerprint density at radius 1 is 1.32 bits per heavy atom. The normalized spacial score (nSPS) is 31.8. The number of quaternary nitrogens is 1. The Morgan fingerprint density at radius 2 is 2.00 bits per heavy atom. The van der Waals surface area contributed by atoms with E-state index in [1.807, 2.05) is 9.80 Å². The Morgan fingerprint density at radius 3 is 2.59 bits per heavy atom. The van der Waals surface area contributed by atoms with Crippen LogP contribution in [-0.4, -0.2) is 72.7 Å². The molecule has 2 fully saturated rings. The number of hydrogen-bond acceptors (Lipinski definition) is 7. The van der Waals surface area contributed by atoms with E-state index in [0.29, 0.717) is 44.2 Å². The smallest absolute Gasteiger partial charge is 0.445 e. The summed E-state index contributed by atoms with van der Waals surface area (Å²) in [5.74, 6) is 0. The second-order valence-corrected chi connectivity index (χ2v) is 6.45. The molecule has 0 N–H and O–H groups in total. The Labute approximate surface area is 129 Å². The lowest BCUT2D eigenvalue weighted by Crippen LogP contribution is -2.59. The van der Waals surface area contributed by atoms with E-state index in [9.17, 15) is 18.4 Å². The highest BCUT2D eigenvalue weighted by Gasteiger charge is 2.47. The Kier molecular flexibility index (Phi) is 4.12. The summed E-state index contributed by atoms with van der Waals surface area (Å²) in [5, 5.41) is 18.7. The molecule has 3 rings (SSSR count). The predicted molar refractivity (Wildman–Crippen MR) is 73.7 cm³/mol. The summed E-state index contributed by atoms with van der Waals surface area (Å²) in [5.41, 5.74) is 0. The Hall–Kier alpha value is -0.850. The first-order valence-electron chi connectivity index (χ1n) is 6.81. The summed E-state index contributed by atoms with van der Waals surface area (Å²) in [6, 6.07) is 0. The molecule has 0 spiro atoms. The molecule has 22 heavy (non-hydrogen) atoms. The van der Waals surface area contributed by atoms with Gasteiger partial charge in [0, 0.05) is 13.1 Å². The van der Waals surface area contributed by atoms with Crippen molar-refractivity contribution < 1.29 is 17.9 Å². The van der Waals surface area contributed by atoms with E-state index in [2.05, 4.69) is 10.2 Å². The van der Waals surface area contributed by atoms with Gasteiger partial charge in [-0.2, -0.15) is 13.2 Å². The molecule has 2 atom stereocenters. The second-order valence-electron chi connectivity index (χ2n) is 5.49. The van der Waals surface area contributed by atoms with Crippen LogP contribution in [0.25, 0.3) is 0 Å². The number of rotatable bonds is 2. The average molecular weight is 339 g/mol. The highest BCUT2D eigenvalue weighted by atomic mass is 32.1. The predicted octanol–water partition coefficient (Wildman–Crippen LogP) is 0.923. The summed E-state index contributed by atoms with van der Waals surface area (Å²) >= 11 is 0.334. The van der Waals surface area contributed by atoms with Crippen molar-refractivity contribution >= 4 is 16.5 Å². The molecule has 0 radical (unpaired) electrons. The van der Waals surface area contributed by atoms with Crippen molar-refractivity contribution in [3.63, 3.8) is 0 Å². The molecule has 2 unspecified atom stereocenters. The molecule has 2 aliphatic heterocycles. The Bertz CT molecular complexity index is 536. The lowest BCUT2D eigenvalue weighted by Gasteiger charge is -2.45. The molecule has 3 heterocycles. The number of aromatic nitrogens is 2. The van der Waals surface area contributed by atoms with Gasteiger partial charge < -0.3 is 9.94 Å². The van der Waals surface area contributed by atoms with Crippen molar-refractivity contribution in [2.45, 2.75) is 12.3 Å². The van der Waals surface area contributed by atoms with E-state index >= 15 is 0 Å². The van der Waals surface area contributed by atoms with Crippen molar-refractivity contribution in [1.29, 1.82) is 0 Å². The zero-order valence-electron chi connectivity index (χ0n) is 11.9. The number of hydrogen-bond donors (Lipinski definition) is 0. The van der Waals surface area contributed by atoms with Crippen LogP contribution in [0.15, 0.2) is 0 Å². The van der Waals surface area contributed by atoms with E-state index in [-0.39, 0.29) is 11.8 Å². The van der Waals surface area contributed by atoms with Gasteiger partial charge in [0.25, 0.3) is 0 Å². The number of nitrogens with zero attached hydrogens (tertiary/aromatic N) is 5. The van der Waals surface area contributed by atoms with E-state index in [1.165, 1.54) is 0 Å². The number of halogens is 3. The number of morpholine rings is 1. The van der Waals surface area contributed by atoms with Gasteiger partial charge in [0.05, 0.1) is 19.8 Å². The summed E-state index contributed by atoms with van der Waals surface area (Å²) < 4.78 is 42.5. The van der Waals surface area contributed by atoms with Crippen molar-refractivity contribution in [1.82, 2.24) is 24.6 Å². The van der Waals surface area contributed by atoms with Gasteiger partial charge in [0.2, 0.25) is 5.01 Å². The van der Waals surface area contributed by atoms with Gasteiger partial charge in [-0.15, -0.1) is 5.10 Å². The van der Waals surface area contributed by atoms with Gasteiger partial charge in [0.1, 0.15) is 6.67 Å². The molecule has 0 aliphatic carbocycles. The van der Waals surface area contributed by atoms with E-state index in [0.717, 1.165) is 0 Å². The zero-order valence-corrected chi connectivity index (χ0v) is 12.7. The quantitative estimate of drug-likeness (QED) is 0.590. The molecule has 0 aromatic carbocycles. The summed E-state index contributed by atoms with van der Waals surface area (Å²) in [4.78, 5) is 3.77. The van der Waals surface area contributed by atoms with Crippen LogP contribution in [0, 0.1) is 5.21 Å². The van der Waals surface area contributed by atoms with Gasteiger partial charge in [-0.3, -0.25) is 9.55 Å². The minimum Gasteiger partial charge on any atom is -0.623 e. The number of likely N-dealkylation sites (N-methyl/N-ethyl adjacent to an activating group) is 1. The maximum atomic E-state index is 13.2. The molecular weight excluding hydrogens is 323 g/mol. The molecule has 2 aliphatic rings. The number of hydroxylamine groups is 2. The molecular formula is C11H16F3N5O2S. The van der Waals surface area contributed by atoms with Crippen molar-refractivity contribution in [2.24, 2.45) is 0 Å². The molecule has 0 amide bonds. The average Bonchev–Trinajstić information content (AvgIpc) is 3.05. The highest BCUT2D eigenvalue weighted by molar-refractivity contribution is 7.15. The second kappa shape index (κ2) is 5.65. The highest BCUT2D eigenvalue weighted by Crippen LogP contribution is 2.39. The standard InChI is InChI=1S/C11H16F3N5O2S/c1-17-6-8(18-2-4-21-5-3-18)19(20,7-17)10-16-15-9(22-10)11(12,13)14/h8H,2-7H2,1H3. The number of ether oxygens (including phenoxy) is 1. The van der Waals surface area contributed by atoms with Gasteiger partial charge in [0.15, 0.2) is 6.17 Å². The SMILES string of the molecule is CN1CC(N2CCOCC2)[N+]([O-])(c2nnc(C(F)(F)F)s2)C1. The van der Waals surface area contributed by atoms with Crippen molar-refractivity contribution in [3.8, 4) is 0 Å². The van der Waals surface area contributed by atoms with Crippen LogP contribution in [0.3, 0.4) is 0 Å². The third-order valence-electron chi connectivity index (χ3n) is 3.86. The van der Waals surface area contributed by atoms with Gasteiger partial charge in [-0.25, -0.2) is 4.90 Å². The van der Waals surface area contributed by atoms with Gasteiger partial charge >= 0.3 is 11.3 Å². The zero-order chi connectivity index (χ0) is 16.0.